The molecule has 0 bridgehead atoms. The molecule has 0 radical (unpaired) electrons. The van der Waals surface area contributed by atoms with Gasteiger partial charge < -0.3 is 16.0 Å². The van der Waals surface area contributed by atoms with Gasteiger partial charge in [-0.1, -0.05) is 37.9 Å². The Morgan fingerprint density at radius 1 is 1.18 bits per heavy atom. The lowest BCUT2D eigenvalue weighted by atomic mass is 9.97. The van der Waals surface area contributed by atoms with Gasteiger partial charge in [0.15, 0.2) is 0 Å². The van der Waals surface area contributed by atoms with Crippen LogP contribution in [0.5, 0.6) is 0 Å². The molecule has 4 rings (SSSR count). The summed E-state index contributed by atoms with van der Waals surface area (Å²) >= 11 is 9.55. The van der Waals surface area contributed by atoms with Crippen LogP contribution < -0.4 is 16.0 Å². The maximum Gasteiger partial charge on any atom is 0.247 e. The quantitative estimate of drug-likeness (QED) is 0.296. The van der Waals surface area contributed by atoms with Gasteiger partial charge in [0.05, 0.1) is 15.2 Å². The van der Waals surface area contributed by atoms with Crippen molar-refractivity contribution in [3.8, 4) is 0 Å². The van der Waals surface area contributed by atoms with Gasteiger partial charge in [0.25, 0.3) is 0 Å². The van der Waals surface area contributed by atoms with Gasteiger partial charge in [-0.05, 0) is 43.4 Å². The summed E-state index contributed by atoms with van der Waals surface area (Å²) in [7, 11) is 0. The number of halogens is 1. The minimum Gasteiger partial charge on any atom is -0.350 e. The van der Waals surface area contributed by atoms with Crippen molar-refractivity contribution in [3.63, 3.8) is 0 Å². The number of carbonyl (C=O) groups is 3. The molecule has 218 valence electrons. The molecule has 11 heteroatoms. The topological polar surface area (TPSA) is 103 Å². The molecule has 8 nitrogen and oxygen atoms in total. The van der Waals surface area contributed by atoms with Crippen LogP contribution in [0.15, 0.2) is 30.4 Å². The van der Waals surface area contributed by atoms with E-state index < -0.39 is 6.04 Å². The van der Waals surface area contributed by atoms with Crippen LogP contribution in [-0.4, -0.2) is 77.4 Å². The second-order valence-electron chi connectivity index (χ2n) is 10.7. The highest BCUT2D eigenvalue weighted by Gasteiger charge is 2.31. The summed E-state index contributed by atoms with van der Waals surface area (Å²) in [4.78, 5) is 46.0. The Hall–Kier alpha value is -2.14. The third-order valence-corrected chi connectivity index (χ3v) is 9.74. The van der Waals surface area contributed by atoms with E-state index in [1.54, 1.807) is 6.07 Å². The Balaban J connectivity index is 1.42. The second kappa shape index (κ2) is 15.2. The van der Waals surface area contributed by atoms with Crippen molar-refractivity contribution in [2.75, 3.05) is 37.7 Å². The molecule has 40 heavy (non-hydrogen) atoms. The predicted octanol–water partition coefficient (Wildman–Crippen LogP) is 4.17. The summed E-state index contributed by atoms with van der Waals surface area (Å²) in [6, 6.07) is 4.53. The normalized spacial score (nSPS) is 17.9. The fourth-order valence-electron chi connectivity index (χ4n) is 5.32. The predicted molar refractivity (Wildman–Crippen MR) is 165 cm³/mol. The molecule has 1 aliphatic carbocycles. The van der Waals surface area contributed by atoms with E-state index in [1.807, 2.05) is 30.8 Å². The molecule has 0 spiro atoms. The number of carbonyl (C=O) groups excluding carboxylic acids is 3. The first-order valence-electron chi connectivity index (χ1n) is 14.2. The van der Waals surface area contributed by atoms with Crippen molar-refractivity contribution in [3.05, 3.63) is 40.4 Å². The number of rotatable bonds is 13. The zero-order chi connectivity index (χ0) is 28.5. The van der Waals surface area contributed by atoms with Crippen LogP contribution in [0.4, 0.5) is 0 Å². The van der Waals surface area contributed by atoms with E-state index >= 15 is 0 Å². The van der Waals surface area contributed by atoms with Crippen molar-refractivity contribution in [2.24, 2.45) is 5.92 Å². The monoisotopic (exact) mass is 605 g/mol. The van der Waals surface area contributed by atoms with E-state index in [2.05, 4.69) is 32.4 Å². The fraction of sp³-hybridized carbons (Fsp3) is 0.586. The fourth-order valence-corrected chi connectivity index (χ4v) is 7.59. The van der Waals surface area contributed by atoms with E-state index in [-0.39, 0.29) is 36.1 Å². The van der Waals surface area contributed by atoms with Gasteiger partial charge in [-0.15, -0.1) is 11.3 Å². The Labute approximate surface area is 250 Å². The minimum absolute atomic E-state index is 0.162. The third-order valence-electron chi connectivity index (χ3n) is 7.52. The lowest BCUT2D eigenvalue weighted by Crippen LogP contribution is -2.55. The number of aromatic nitrogens is 1. The van der Waals surface area contributed by atoms with Crippen LogP contribution in [-0.2, 0) is 20.8 Å². The second-order valence-corrected chi connectivity index (χ2v) is 13.4. The molecule has 1 aromatic carbocycles. The molecular weight excluding hydrogens is 566 g/mol. The van der Waals surface area contributed by atoms with Crippen LogP contribution in [0.3, 0.4) is 0 Å². The van der Waals surface area contributed by atoms with E-state index in [9.17, 15) is 14.4 Å². The first-order chi connectivity index (χ1) is 19.3. The summed E-state index contributed by atoms with van der Waals surface area (Å²) in [6.07, 6.45) is 5.53. The smallest absolute Gasteiger partial charge is 0.247 e. The molecule has 1 saturated carbocycles. The molecule has 1 aromatic heterocycles. The Kier molecular flexibility index (Phi) is 11.7. The maximum absolute atomic E-state index is 13.7. The number of amides is 3. The van der Waals surface area contributed by atoms with Gasteiger partial charge in [-0.3, -0.25) is 19.3 Å². The molecule has 2 atom stereocenters. The lowest BCUT2D eigenvalue weighted by molar-refractivity contribution is -0.129. The van der Waals surface area contributed by atoms with Crippen LogP contribution in [0.1, 0.15) is 50.5 Å². The number of nitrogens with zero attached hydrogens (tertiary/aromatic N) is 2. The zero-order valence-corrected chi connectivity index (χ0v) is 25.6. The highest BCUT2D eigenvalue weighted by molar-refractivity contribution is 7.99. The van der Waals surface area contributed by atoms with Crippen LogP contribution in [0.2, 0.25) is 5.02 Å². The van der Waals surface area contributed by atoms with Crippen LogP contribution in [0, 0.1) is 5.92 Å². The Morgan fingerprint density at radius 2 is 1.93 bits per heavy atom. The van der Waals surface area contributed by atoms with E-state index in [4.69, 9.17) is 11.6 Å². The summed E-state index contributed by atoms with van der Waals surface area (Å²) in [5, 5.41) is 10.5. The maximum atomic E-state index is 13.7. The molecule has 2 heterocycles. The standard InChI is InChI=1S/C29H40ClN5O3S2/c1-3-6-26(36)32-23(16-27-33-22-10-9-21(30)15-25(22)40-27)29(38)34-24(20-7-4-5-8-20)17-31-28(37)19(2)18-35-11-13-39-14-12-35/h9-10,15,20,23-24H,2-8,11-14,16-18H2,1H3,(H,31,37)(H,32,36)(H,34,38)/t23-,24+/m0/s1. The summed E-state index contributed by atoms with van der Waals surface area (Å²) in [5.74, 6) is 1.84. The molecule has 1 saturated heterocycles. The zero-order valence-electron chi connectivity index (χ0n) is 23.2. The molecule has 3 amide bonds. The first kappa shape index (κ1) is 30.8. The van der Waals surface area contributed by atoms with Crippen LogP contribution >= 0.6 is 34.7 Å². The third kappa shape index (κ3) is 8.93. The van der Waals surface area contributed by atoms with Crippen molar-refractivity contribution >= 4 is 62.6 Å². The number of thiazole rings is 1. The Bertz CT molecular complexity index is 1190. The SMILES string of the molecule is C=C(CN1CCSCC1)C(=O)NC[C@@H](NC(=O)[C@H](Cc1nc2ccc(Cl)cc2s1)NC(=O)CCC)C1CCCC1. The lowest BCUT2D eigenvalue weighted by Gasteiger charge is -2.29. The molecule has 0 unspecified atom stereocenters. The van der Waals surface area contributed by atoms with Crippen molar-refractivity contribution in [1.82, 2.24) is 25.8 Å². The first-order valence-corrected chi connectivity index (χ1v) is 16.6. The summed E-state index contributed by atoms with van der Waals surface area (Å²) in [5.41, 5.74) is 1.36. The van der Waals surface area contributed by atoms with Crippen molar-refractivity contribution < 1.29 is 14.4 Å². The number of fused-ring (bicyclic) bond motifs is 1. The molecule has 2 aliphatic rings. The number of benzene rings is 1. The van der Waals surface area contributed by atoms with Crippen molar-refractivity contribution in [1.29, 1.82) is 0 Å². The highest BCUT2D eigenvalue weighted by atomic mass is 35.5. The van der Waals surface area contributed by atoms with E-state index in [0.29, 0.717) is 36.5 Å². The number of hydrogen-bond donors (Lipinski definition) is 3. The number of thioether (sulfide) groups is 1. The van der Waals surface area contributed by atoms with Crippen molar-refractivity contribution in [2.45, 2.75) is 64.0 Å². The van der Waals surface area contributed by atoms with Gasteiger partial charge in [0.1, 0.15) is 6.04 Å². The highest BCUT2D eigenvalue weighted by Crippen LogP contribution is 2.28. The Morgan fingerprint density at radius 3 is 2.65 bits per heavy atom. The number of nitrogens with one attached hydrogen (secondary N) is 3. The molecule has 3 N–H and O–H groups in total. The van der Waals surface area contributed by atoms with Gasteiger partial charge in [-0.2, -0.15) is 11.8 Å². The largest absolute Gasteiger partial charge is 0.350 e. The molecule has 2 fully saturated rings. The minimum atomic E-state index is -0.762. The summed E-state index contributed by atoms with van der Waals surface area (Å²) < 4.78 is 0.941. The van der Waals surface area contributed by atoms with E-state index in [0.717, 1.165) is 65.5 Å². The summed E-state index contributed by atoms with van der Waals surface area (Å²) in [6.45, 7) is 8.78. The molecule has 1 aliphatic heterocycles. The molecular formula is C29H40ClN5O3S2. The van der Waals surface area contributed by atoms with E-state index in [1.165, 1.54) is 11.3 Å². The average Bonchev–Trinajstić information content (AvgIpc) is 3.61. The average molecular weight is 606 g/mol. The van der Waals surface area contributed by atoms with Gasteiger partial charge >= 0.3 is 0 Å². The van der Waals surface area contributed by atoms with Crippen LogP contribution in [0.25, 0.3) is 10.2 Å². The molecule has 2 aromatic rings. The van der Waals surface area contributed by atoms with Gasteiger partial charge in [-0.25, -0.2) is 4.98 Å². The van der Waals surface area contributed by atoms with Gasteiger partial charge in [0.2, 0.25) is 17.7 Å². The van der Waals surface area contributed by atoms with Gasteiger partial charge in [0, 0.05) is 67.2 Å². The number of hydrogen-bond acceptors (Lipinski definition) is 7.